The van der Waals surface area contributed by atoms with Gasteiger partial charge < -0.3 is 15.5 Å². The van der Waals surface area contributed by atoms with Gasteiger partial charge in [-0.3, -0.25) is 9.59 Å². The van der Waals surface area contributed by atoms with Crippen LogP contribution in [0.4, 0.5) is 0 Å². The van der Waals surface area contributed by atoms with E-state index in [1.54, 1.807) is 0 Å². The van der Waals surface area contributed by atoms with Crippen LogP contribution in [0.1, 0.15) is 32.1 Å². The third-order valence-corrected chi connectivity index (χ3v) is 1.70. The van der Waals surface area contributed by atoms with Gasteiger partial charge in [0.05, 0.1) is 0 Å². The number of aliphatic carboxylic acids is 1. The van der Waals surface area contributed by atoms with Crippen LogP contribution in [0.25, 0.3) is 0 Å². The highest BCUT2D eigenvalue weighted by Crippen LogP contribution is 1.95. The second-order valence-corrected chi connectivity index (χ2v) is 3.03. The minimum atomic E-state index is -0.877. The molecule has 0 aromatic heterocycles. The van der Waals surface area contributed by atoms with Crippen LogP contribution in [0.15, 0.2) is 0 Å². The Bertz CT molecular complexity index is 182. The number of carbonyl (C=O) groups is 2. The van der Waals surface area contributed by atoms with E-state index in [0.717, 1.165) is 6.42 Å². The first-order chi connectivity index (χ1) is 6.66. The third kappa shape index (κ3) is 8.99. The molecule has 0 aromatic rings. The molecule has 0 bridgehead atoms. The summed E-state index contributed by atoms with van der Waals surface area (Å²) in [5.41, 5.74) is 0. The second kappa shape index (κ2) is 8.50. The monoisotopic (exact) mass is 203 g/mol. The summed E-state index contributed by atoms with van der Waals surface area (Å²) in [6.07, 6.45) is 2.09. The molecule has 0 saturated carbocycles. The number of unbranched alkanes of at least 4 members (excludes halogenated alkanes) is 1. The zero-order valence-electron chi connectivity index (χ0n) is 8.16. The van der Waals surface area contributed by atoms with Crippen molar-refractivity contribution in [1.29, 1.82) is 0 Å². The number of aliphatic hydroxyl groups is 1. The molecule has 5 heteroatoms. The number of hydrogen-bond donors (Lipinski definition) is 3. The van der Waals surface area contributed by atoms with Crippen LogP contribution < -0.4 is 5.32 Å². The Morgan fingerprint density at radius 2 is 1.79 bits per heavy atom. The standard InChI is InChI=1S/C9H17NO4/c11-7-2-1-6-10-8(12)4-3-5-9(13)14/h11H,1-7H2,(H,10,12)(H,13,14). The van der Waals surface area contributed by atoms with E-state index in [9.17, 15) is 9.59 Å². The number of carboxylic acids is 1. The summed E-state index contributed by atoms with van der Waals surface area (Å²) >= 11 is 0. The van der Waals surface area contributed by atoms with Gasteiger partial charge in [-0.25, -0.2) is 0 Å². The van der Waals surface area contributed by atoms with E-state index in [1.165, 1.54) is 0 Å². The minimum absolute atomic E-state index is 0.0318. The minimum Gasteiger partial charge on any atom is -0.481 e. The van der Waals surface area contributed by atoms with Gasteiger partial charge in [0.25, 0.3) is 0 Å². The van der Waals surface area contributed by atoms with Crippen molar-refractivity contribution in [2.24, 2.45) is 0 Å². The molecule has 0 rings (SSSR count). The molecule has 0 spiro atoms. The first kappa shape index (κ1) is 12.9. The van der Waals surface area contributed by atoms with Crippen LogP contribution in [0.3, 0.4) is 0 Å². The van der Waals surface area contributed by atoms with Crippen LogP contribution in [0.5, 0.6) is 0 Å². The molecule has 0 aromatic carbocycles. The molecule has 0 atom stereocenters. The van der Waals surface area contributed by atoms with Crippen molar-refractivity contribution >= 4 is 11.9 Å². The van der Waals surface area contributed by atoms with E-state index in [0.29, 0.717) is 19.4 Å². The number of nitrogens with one attached hydrogen (secondary N) is 1. The van der Waals surface area contributed by atoms with Gasteiger partial charge >= 0.3 is 5.97 Å². The van der Waals surface area contributed by atoms with Crippen molar-refractivity contribution in [1.82, 2.24) is 5.32 Å². The van der Waals surface area contributed by atoms with E-state index < -0.39 is 5.97 Å². The van der Waals surface area contributed by atoms with Gasteiger partial charge in [0.15, 0.2) is 0 Å². The van der Waals surface area contributed by atoms with Crippen LogP contribution in [-0.2, 0) is 9.59 Å². The first-order valence-corrected chi connectivity index (χ1v) is 4.76. The highest BCUT2D eigenvalue weighted by molar-refractivity contribution is 5.76. The third-order valence-electron chi connectivity index (χ3n) is 1.70. The predicted octanol–water partition coefficient (Wildman–Crippen LogP) is 0.130. The maximum absolute atomic E-state index is 11.0. The fourth-order valence-electron chi connectivity index (χ4n) is 0.953. The Labute approximate surface area is 83.1 Å². The maximum Gasteiger partial charge on any atom is 0.303 e. The molecule has 0 radical (unpaired) electrons. The van der Waals surface area contributed by atoms with Gasteiger partial charge in [0.2, 0.25) is 5.91 Å². The van der Waals surface area contributed by atoms with Crippen molar-refractivity contribution in [3.63, 3.8) is 0 Å². The van der Waals surface area contributed by atoms with Crippen LogP contribution in [0, 0.1) is 0 Å². The quantitative estimate of drug-likeness (QED) is 0.489. The molecular formula is C9H17NO4. The number of rotatable bonds is 8. The molecule has 82 valence electrons. The fraction of sp³-hybridized carbons (Fsp3) is 0.778. The molecule has 0 aliphatic carbocycles. The van der Waals surface area contributed by atoms with Crippen LogP contribution in [0.2, 0.25) is 0 Å². The van der Waals surface area contributed by atoms with Gasteiger partial charge in [-0.15, -0.1) is 0 Å². The van der Waals surface area contributed by atoms with E-state index in [1.807, 2.05) is 0 Å². The fourth-order valence-corrected chi connectivity index (χ4v) is 0.953. The lowest BCUT2D eigenvalue weighted by molar-refractivity contribution is -0.137. The lowest BCUT2D eigenvalue weighted by Crippen LogP contribution is -2.24. The van der Waals surface area contributed by atoms with Crippen molar-refractivity contribution in [2.45, 2.75) is 32.1 Å². The van der Waals surface area contributed by atoms with Gasteiger partial charge in [-0.2, -0.15) is 0 Å². The SMILES string of the molecule is O=C(O)CCCC(=O)NCCCCO. The van der Waals surface area contributed by atoms with Gasteiger partial charge in [-0.05, 0) is 19.3 Å². The van der Waals surface area contributed by atoms with Crippen molar-refractivity contribution in [3.05, 3.63) is 0 Å². The van der Waals surface area contributed by atoms with E-state index in [-0.39, 0.29) is 25.4 Å². The lowest BCUT2D eigenvalue weighted by Gasteiger charge is -2.03. The number of amides is 1. The topological polar surface area (TPSA) is 86.6 Å². The van der Waals surface area contributed by atoms with Gasteiger partial charge in [-0.1, -0.05) is 0 Å². The zero-order valence-corrected chi connectivity index (χ0v) is 8.16. The van der Waals surface area contributed by atoms with Crippen molar-refractivity contribution < 1.29 is 19.8 Å². The summed E-state index contributed by atoms with van der Waals surface area (Å²) in [4.78, 5) is 21.1. The zero-order chi connectivity index (χ0) is 10.8. The Balaban J connectivity index is 3.24. The summed E-state index contributed by atoms with van der Waals surface area (Å²) in [7, 11) is 0. The number of aliphatic hydroxyl groups excluding tert-OH is 1. The molecule has 0 heterocycles. The number of hydrogen-bond acceptors (Lipinski definition) is 3. The highest BCUT2D eigenvalue weighted by Gasteiger charge is 2.02. The predicted molar refractivity (Wildman–Crippen MR) is 50.8 cm³/mol. The molecular weight excluding hydrogens is 186 g/mol. The summed E-state index contributed by atoms with van der Waals surface area (Å²) in [6, 6.07) is 0. The van der Waals surface area contributed by atoms with Crippen LogP contribution in [-0.4, -0.2) is 35.2 Å². The largest absolute Gasteiger partial charge is 0.481 e. The average Bonchev–Trinajstić information content (AvgIpc) is 2.12. The normalized spacial score (nSPS) is 9.79. The molecule has 0 aliphatic rings. The lowest BCUT2D eigenvalue weighted by atomic mass is 10.2. The summed E-state index contributed by atoms with van der Waals surface area (Å²) in [6.45, 7) is 0.682. The summed E-state index contributed by atoms with van der Waals surface area (Å²) < 4.78 is 0. The highest BCUT2D eigenvalue weighted by atomic mass is 16.4. The summed E-state index contributed by atoms with van der Waals surface area (Å²) in [5, 5.41) is 19.4. The van der Waals surface area contributed by atoms with E-state index >= 15 is 0 Å². The molecule has 5 nitrogen and oxygen atoms in total. The Kier molecular flexibility index (Phi) is 7.83. The Morgan fingerprint density at radius 3 is 2.36 bits per heavy atom. The van der Waals surface area contributed by atoms with Crippen molar-refractivity contribution in [2.75, 3.05) is 13.2 Å². The number of carboxylic acid groups (broad SMARTS) is 1. The van der Waals surface area contributed by atoms with Crippen molar-refractivity contribution in [3.8, 4) is 0 Å². The molecule has 0 aliphatic heterocycles. The molecule has 0 fully saturated rings. The molecule has 3 N–H and O–H groups in total. The van der Waals surface area contributed by atoms with Crippen LogP contribution >= 0.6 is 0 Å². The maximum atomic E-state index is 11.0. The number of carbonyl (C=O) groups excluding carboxylic acids is 1. The van der Waals surface area contributed by atoms with E-state index in [4.69, 9.17) is 10.2 Å². The van der Waals surface area contributed by atoms with E-state index in [2.05, 4.69) is 5.32 Å². The molecule has 0 unspecified atom stereocenters. The summed E-state index contributed by atoms with van der Waals surface area (Å²) in [5.74, 6) is -0.998. The Hall–Kier alpha value is -1.10. The smallest absolute Gasteiger partial charge is 0.303 e. The molecule has 14 heavy (non-hydrogen) atoms. The molecule has 1 amide bonds. The second-order valence-electron chi connectivity index (χ2n) is 3.03. The van der Waals surface area contributed by atoms with Gasteiger partial charge in [0, 0.05) is 26.0 Å². The van der Waals surface area contributed by atoms with Gasteiger partial charge in [0.1, 0.15) is 0 Å². The first-order valence-electron chi connectivity index (χ1n) is 4.76. The Morgan fingerprint density at radius 1 is 1.07 bits per heavy atom. The molecule has 0 saturated heterocycles. The average molecular weight is 203 g/mol.